The fraction of sp³-hybridized carbons (Fsp3) is 0. The molecule has 0 aromatic heterocycles. The minimum Gasteiger partial charge on any atom is -1.00 e. The number of phenols is 2. The van der Waals surface area contributed by atoms with Gasteiger partial charge in [-0.2, -0.15) is 16.8 Å². The number of benzene rings is 6. The average Bonchev–Trinajstić information content (AvgIpc) is 3.08. The Morgan fingerprint density at radius 1 is 0.464 bits per heavy atom. The Morgan fingerprint density at radius 3 is 1.18 bits per heavy atom. The number of urea groups is 1. The molecule has 0 saturated carbocycles. The summed E-state index contributed by atoms with van der Waals surface area (Å²) < 4.78 is 64.4. The molecule has 0 atom stereocenters. The Labute approximate surface area is 414 Å². The summed E-state index contributed by atoms with van der Waals surface area (Å²) in [7, 11) is -9.09. The smallest absolute Gasteiger partial charge is 1.00 e. The molecule has 6 rings (SSSR count). The van der Waals surface area contributed by atoms with Crippen LogP contribution < -0.4 is 139 Å². The quantitative estimate of drug-likeness (QED) is 0.0531. The molecule has 4 amide bonds. The topological polar surface area (TPSA) is 249 Å². The molecule has 0 saturated heterocycles. The number of nitrogens with one attached hydrogen (secondary N) is 4. The zero-order chi connectivity index (χ0) is 37.4. The summed E-state index contributed by atoms with van der Waals surface area (Å²) in [4.78, 5) is 37.9. The number of carbonyl (C=O) groups excluding carboxylic acids is 3. The van der Waals surface area contributed by atoms with Crippen LogP contribution in [0.3, 0.4) is 0 Å². The molecule has 6 aromatic carbocycles. The van der Waals surface area contributed by atoms with E-state index in [4.69, 9.17) is 0 Å². The number of phenolic OH excluding ortho intramolecular Hbond substituents is 2. The van der Waals surface area contributed by atoms with Gasteiger partial charge in [-0.3, -0.25) is 18.7 Å². The number of hydrogen-bond acceptors (Lipinski definition) is 9. The minimum atomic E-state index is -4.54. The van der Waals surface area contributed by atoms with Crippen molar-refractivity contribution in [2.24, 2.45) is 0 Å². The molecule has 272 valence electrons. The Hall–Kier alpha value is -2.53. The number of hydrogen-bond donors (Lipinski definition) is 8. The molecule has 0 spiro atoms. The maximum absolute atomic E-state index is 13.0. The van der Waals surface area contributed by atoms with Gasteiger partial charge >= 0.3 is 124 Å². The summed E-state index contributed by atoms with van der Waals surface area (Å²) in [5.74, 6) is -1.95. The van der Waals surface area contributed by atoms with Gasteiger partial charge in [-0.15, -0.1) is 0 Å². The predicted molar refractivity (Wildman–Crippen MR) is 197 cm³/mol. The molecule has 21 heteroatoms. The molecule has 0 aliphatic carbocycles. The van der Waals surface area contributed by atoms with Crippen LogP contribution in [0, 0.1) is 0 Å². The van der Waals surface area contributed by atoms with Crippen LogP contribution in [-0.2, 0) is 20.2 Å². The monoisotopic (exact) mass is 838 g/mol. The van der Waals surface area contributed by atoms with Crippen LogP contribution in [0.4, 0.5) is 27.5 Å². The van der Waals surface area contributed by atoms with Crippen molar-refractivity contribution in [2.45, 2.75) is 9.79 Å². The molecule has 8 N–H and O–H groups in total. The van der Waals surface area contributed by atoms with E-state index >= 15 is 0 Å². The Bertz CT molecular complexity index is 2540. The van der Waals surface area contributed by atoms with Crippen LogP contribution in [0.1, 0.15) is 26.4 Å². The summed E-state index contributed by atoms with van der Waals surface area (Å²) in [6.45, 7) is 0. The molecule has 0 aliphatic heterocycles. The zero-order valence-electron chi connectivity index (χ0n) is 34.4. The van der Waals surface area contributed by atoms with Gasteiger partial charge in [0.15, 0.2) is 0 Å². The van der Waals surface area contributed by atoms with Crippen LogP contribution in [0.15, 0.2) is 119 Å². The molecule has 56 heavy (non-hydrogen) atoms. The van der Waals surface area contributed by atoms with Crippen molar-refractivity contribution >= 4 is 82.4 Å². The zero-order valence-corrected chi connectivity index (χ0v) is 40.0. The maximum atomic E-state index is 13.0. The molecule has 6 aromatic rings. The Kier molecular flexibility index (Phi) is 18.1. The Morgan fingerprint density at radius 2 is 0.821 bits per heavy atom. The van der Waals surface area contributed by atoms with Crippen molar-refractivity contribution in [1.29, 1.82) is 0 Å². The summed E-state index contributed by atoms with van der Waals surface area (Å²) >= 11 is 0. The van der Waals surface area contributed by atoms with Crippen LogP contribution in [0.25, 0.3) is 21.5 Å². The summed E-state index contributed by atoms with van der Waals surface area (Å²) in [6.07, 6.45) is 0. The molecule has 0 heterocycles. The number of anilines is 4. The minimum absolute atomic E-state index is 0. The van der Waals surface area contributed by atoms with Crippen molar-refractivity contribution in [3.63, 3.8) is 0 Å². The average molecular weight is 839 g/mol. The van der Waals surface area contributed by atoms with Gasteiger partial charge in [-0.05, 0) is 83.6 Å². The van der Waals surface area contributed by atoms with Crippen molar-refractivity contribution < 1.29 is 174 Å². The van der Waals surface area contributed by atoms with Crippen LogP contribution in [-0.4, -0.2) is 54.0 Å². The molecule has 0 radical (unpaired) electrons. The Balaban J connectivity index is -0.00000406. The van der Waals surface area contributed by atoms with Crippen LogP contribution in [0.5, 0.6) is 11.5 Å². The molecular formula is C35H30N4Na4O11S2. The third kappa shape index (κ3) is 12.2. The van der Waals surface area contributed by atoms with Gasteiger partial charge in [0.2, 0.25) is 0 Å². The normalized spacial score (nSPS) is 10.8. The first-order chi connectivity index (χ1) is 24.5. The predicted octanol–water partition coefficient (Wildman–Crippen LogP) is -5.49. The fourth-order valence-corrected chi connectivity index (χ4v) is 6.33. The maximum Gasteiger partial charge on any atom is 1.00 e. The van der Waals surface area contributed by atoms with E-state index < -0.39 is 59.4 Å². The summed E-state index contributed by atoms with van der Waals surface area (Å²) in [5, 5.41) is 32.2. The van der Waals surface area contributed by atoms with Gasteiger partial charge in [0.25, 0.3) is 32.1 Å². The van der Waals surface area contributed by atoms with Gasteiger partial charge in [0.1, 0.15) is 11.5 Å². The number of amides is 4. The summed E-state index contributed by atoms with van der Waals surface area (Å²) in [6, 6.07) is 24.2. The number of carbonyl (C=O) groups is 3. The van der Waals surface area contributed by atoms with Gasteiger partial charge in [-0.25, -0.2) is 4.79 Å². The van der Waals surface area contributed by atoms with Gasteiger partial charge in [0.05, 0.1) is 9.79 Å². The second kappa shape index (κ2) is 20.4. The van der Waals surface area contributed by atoms with Crippen molar-refractivity contribution in [3.8, 4) is 11.5 Å². The second-order valence-corrected chi connectivity index (χ2v) is 14.2. The third-order valence-corrected chi connectivity index (χ3v) is 9.35. The molecule has 0 aliphatic rings. The van der Waals surface area contributed by atoms with E-state index in [0.29, 0.717) is 10.8 Å². The van der Waals surface area contributed by atoms with E-state index in [1.807, 2.05) is 0 Å². The second-order valence-electron chi connectivity index (χ2n) is 11.4. The SMILES string of the molecule is O=C(Nc1cccc(C(=O)Nc2ccc3cc(S(=O)(=O)O)cc(O)c3c2)c1)Nc1cccc(C(=O)Nc2ccc3cc(S(=O)(=O)O)cc(O)c3c2)c1.[H-].[H-].[H-].[H-].[Na+].[Na+].[Na+].[Na+]. The first-order valence-electron chi connectivity index (χ1n) is 14.9. The van der Waals surface area contributed by atoms with E-state index in [1.54, 1.807) is 24.3 Å². The summed E-state index contributed by atoms with van der Waals surface area (Å²) in [5.41, 5.74) is 1.42. The molecule has 0 fully saturated rings. The van der Waals surface area contributed by atoms with Gasteiger partial charge < -0.3 is 37.2 Å². The fourth-order valence-electron chi connectivity index (χ4n) is 5.25. The first-order valence-corrected chi connectivity index (χ1v) is 17.8. The standard InChI is InChI=1S/C35H26N4O11S2.4Na.4H/c40-31-17-27(51(45,46)47)13-19-7-9-25(15-29(19)31)36-33(42)21-3-1-5-23(11-21)38-35(44)39-24-6-2-4-22(12-24)34(43)37-26-10-8-20-14-28(52(48,49)50)18-32(41)30(20)16-26;;;;;;;;/h1-18,40-41H,(H,36,42)(H,37,43)(H2,38,39,44)(H,45,46,47)(H,48,49,50);;;;;;;;/q;4*+1;4*-1. The van der Waals surface area contributed by atoms with Crippen molar-refractivity contribution in [2.75, 3.05) is 21.3 Å². The van der Waals surface area contributed by atoms with Gasteiger partial charge in [-0.1, -0.05) is 24.3 Å². The number of aromatic hydroxyl groups is 2. The van der Waals surface area contributed by atoms with Gasteiger partial charge in [0, 0.05) is 56.8 Å². The number of rotatable bonds is 8. The first kappa shape index (κ1) is 49.6. The molecule has 0 bridgehead atoms. The molecular weight excluding hydrogens is 808 g/mol. The number of fused-ring (bicyclic) bond motifs is 2. The van der Waals surface area contributed by atoms with Crippen molar-refractivity contribution in [1.82, 2.24) is 0 Å². The molecule has 0 unspecified atom stereocenters. The van der Waals surface area contributed by atoms with E-state index in [2.05, 4.69) is 21.3 Å². The van der Waals surface area contributed by atoms with Crippen LogP contribution in [0.2, 0.25) is 0 Å². The molecule has 15 nitrogen and oxygen atoms in total. The largest absolute Gasteiger partial charge is 1.00 e. The van der Waals surface area contributed by atoms with Crippen molar-refractivity contribution in [3.05, 3.63) is 120 Å². The third-order valence-electron chi connectivity index (χ3n) is 7.69. The van der Waals surface area contributed by atoms with E-state index in [0.717, 1.165) is 12.1 Å². The van der Waals surface area contributed by atoms with E-state index in [-0.39, 0.29) is 169 Å². The van der Waals surface area contributed by atoms with Crippen LogP contribution >= 0.6 is 0 Å². The van der Waals surface area contributed by atoms with E-state index in [9.17, 15) is 50.5 Å². The van der Waals surface area contributed by atoms with E-state index in [1.165, 1.54) is 72.8 Å².